The number of hydrogen-bond acceptors (Lipinski definition) is 6. The number of rotatable bonds is 6. The number of nitrogens with two attached hydrogens (primary N) is 2. The molecule has 0 radical (unpaired) electrons. The Kier molecular flexibility index (Phi) is 5.31. The Morgan fingerprint density at radius 2 is 2.08 bits per heavy atom. The maximum atomic E-state index is 12.3. The summed E-state index contributed by atoms with van der Waals surface area (Å²) in [4.78, 5) is 33.7. The Balaban J connectivity index is 1.58. The molecule has 1 aromatic heterocycles. The van der Waals surface area contributed by atoms with Crippen LogP contribution in [0.15, 0.2) is 30.3 Å². The fourth-order valence-corrected chi connectivity index (χ4v) is 2.97. The van der Waals surface area contributed by atoms with Crippen molar-refractivity contribution in [2.45, 2.75) is 19.3 Å². The lowest BCUT2D eigenvalue weighted by atomic mass is 10.1. The highest BCUT2D eigenvalue weighted by Crippen LogP contribution is 2.20. The van der Waals surface area contributed by atoms with E-state index in [-0.39, 0.29) is 23.6 Å². The highest BCUT2D eigenvalue weighted by molar-refractivity contribution is 5.95. The summed E-state index contributed by atoms with van der Waals surface area (Å²) in [5.74, 6) is 0.396. The van der Waals surface area contributed by atoms with Crippen LogP contribution < -0.4 is 16.8 Å². The van der Waals surface area contributed by atoms with E-state index >= 15 is 0 Å². The minimum Gasteiger partial charge on any atom is -0.384 e. The molecule has 0 atom stereocenters. The van der Waals surface area contributed by atoms with Crippen molar-refractivity contribution in [1.82, 2.24) is 20.2 Å². The summed E-state index contributed by atoms with van der Waals surface area (Å²) in [6.07, 6.45) is 2.30. The lowest BCUT2D eigenvalue weighted by Gasteiger charge is -2.15. The SMILES string of the molecule is Nc1cc(-c2cccc(C(=O)NCCCN3CCCC3=O)c2)nc(N)n1. The number of anilines is 2. The summed E-state index contributed by atoms with van der Waals surface area (Å²) in [6.45, 7) is 2.01. The number of hydrogen-bond donors (Lipinski definition) is 3. The first-order chi connectivity index (χ1) is 12.5. The topological polar surface area (TPSA) is 127 Å². The van der Waals surface area contributed by atoms with Crippen molar-refractivity contribution in [3.8, 4) is 11.3 Å². The van der Waals surface area contributed by atoms with E-state index < -0.39 is 0 Å². The van der Waals surface area contributed by atoms with Gasteiger partial charge in [-0.05, 0) is 25.0 Å². The molecule has 1 aliphatic rings. The van der Waals surface area contributed by atoms with Crippen molar-refractivity contribution >= 4 is 23.6 Å². The van der Waals surface area contributed by atoms with E-state index in [9.17, 15) is 9.59 Å². The molecule has 0 unspecified atom stereocenters. The number of carbonyl (C=O) groups is 2. The number of amides is 2. The van der Waals surface area contributed by atoms with Gasteiger partial charge >= 0.3 is 0 Å². The molecule has 1 saturated heterocycles. The Hall–Kier alpha value is -3.16. The third-order valence-corrected chi connectivity index (χ3v) is 4.25. The van der Waals surface area contributed by atoms with Crippen molar-refractivity contribution in [2.75, 3.05) is 31.1 Å². The Bertz CT molecular complexity index is 803. The zero-order valence-corrected chi connectivity index (χ0v) is 14.4. The van der Waals surface area contributed by atoms with Gasteiger partial charge in [0.1, 0.15) is 5.82 Å². The van der Waals surface area contributed by atoms with Gasteiger partial charge in [0.25, 0.3) is 5.91 Å². The molecule has 2 aromatic rings. The summed E-state index contributed by atoms with van der Waals surface area (Å²) in [6, 6.07) is 8.69. The minimum absolute atomic E-state index is 0.0892. The molecule has 2 amide bonds. The quantitative estimate of drug-likeness (QED) is 0.665. The van der Waals surface area contributed by atoms with E-state index in [0.717, 1.165) is 24.9 Å². The molecule has 8 nitrogen and oxygen atoms in total. The Morgan fingerprint density at radius 3 is 2.81 bits per heavy atom. The molecule has 1 aromatic carbocycles. The number of aromatic nitrogens is 2. The van der Waals surface area contributed by atoms with Gasteiger partial charge in [0.2, 0.25) is 11.9 Å². The fraction of sp³-hybridized carbons (Fsp3) is 0.333. The average Bonchev–Trinajstić information content (AvgIpc) is 3.03. The zero-order chi connectivity index (χ0) is 18.5. The molecule has 3 rings (SSSR count). The first-order valence-corrected chi connectivity index (χ1v) is 8.59. The van der Waals surface area contributed by atoms with E-state index in [0.29, 0.717) is 30.8 Å². The fourth-order valence-electron chi connectivity index (χ4n) is 2.97. The Morgan fingerprint density at radius 1 is 1.23 bits per heavy atom. The predicted molar refractivity (Wildman–Crippen MR) is 99.1 cm³/mol. The van der Waals surface area contributed by atoms with Crippen LogP contribution in [0.2, 0.25) is 0 Å². The molecular formula is C18H22N6O2. The van der Waals surface area contributed by atoms with Crippen LogP contribution in [0.1, 0.15) is 29.6 Å². The second kappa shape index (κ2) is 7.81. The van der Waals surface area contributed by atoms with Crippen molar-refractivity contribution in [3.63, 3.8) is 0 Å². The van der Waals surface area contributed by atoms with Crippen LogP contribution >= 0.6 is 0 Å². The van der Waals surface area contributed by atoms with Gasteiger partial charge in [0, 0.05) is 43.2 Å². The van der Waals surface area contributed by atoms with Crippen LogP contribution in [-0.4, -0.2) is 46.3 Å². The molecule has 26 heavy (non-hydrogen) atoms. The van der Waals surface area contributed by atoms with Crippen molar-refractivity contribution < 1.29 is 9.59 Å². The van der Waals surface area contributed by atoms with Crippen molar-refractivity contribution in [2.24, 2.45) is 0 Å². The van der Waals surface area contributed by atoms with Gasteiger partial charge in [-0.15, -0.1) is 0 Å². The van der Waals surface area contributed by atoms with Crippen molar-refractivity contribution in [1.29, 1.82) is 0 Å². The summed E-state index contributed by atoms with van der Waals surface area (Å²) in [7, 11) is 0. The number of nitrogen functional groups attached to an aromatic ring is 2. The van der Waals surface area contributed by atoms with E-state index in [4.69, 9.17) is 11.5 Å². The van der Waals surface area contributed by atoms with E-state index in [1.807, 2.05) is 11.0 Å². The number of likely N-dealkylation sites (tertiary alicyclic amines) is 1. The van der Waals surface area contributed by atoms with Gasteiger partial charge in [-0.1, -0.05) is 12.1 Å². The molecule has 0 spiro atoms. The number of benzene rings is 1. The lowest BCUT2D eigenvalue weighted by Crippen LogP contribution is -2.30. The summed E-state index contributed by atoms with van der Waals surface area (Å²) in [5, 5.41) is 2.88. The van der Waals surface area contributed by atoms with Gasteiger partial charge in [-0.3, -0.25) is 9.59 Å². The van der Waals surface area contributed by atoms with Gasteiger partial charge < -0.3 is 21.7 Å². The molecule has 1 fully saturated rings. The second-order valence-electron chi connectivity index (χ2n) is 6.21. The molecule has 8 heteroatoms. The van der Waals surface area contributed by atoms with Crippen LogP contribution in [0.3, 0.4) is 0 Å². The van der Waals surface area contributed by atoms with Gasteiger partial charge in [-0.25, -0.2) is 4.98 Å². The normalized spacial score (nSPS) is 13.8. The highest BCUT2D eigenvalue weighted by atomic mass is 16.2. The monoisotopic (exact) mass is 354 g/mol. The first kappa shape index (κ1) is 17.7. The number of nitrogens with one attached hydrogen (secondary N) is 1. The molecule has 0 saturated carbocycles. The molecule has 136 valence electrons. The van der Waals surface area contributed by atoms with Crippen molar-refractivity contribution in [3.05, 3.63) is 35.9 Å². The third-order valence-electron chi connectivity index (χ3n) is 4.25. The standard InChI is InChI=1S/C18H22N6O2/c19-15-11-14(22-18(20)23-15)12-4-1-5-13(10-12)17(26)21-7-3-9-24-8-2-6-16(24)25/h1,4-5,10-11H,2-3,6-9H2,(H,21,26)(H4,19,20,22,23). The summed E-state index contributed by atoms with van der Waals surface area (Å²) in [5.41, 5.74) is 13.2. The van der Waals surface area contributed by atoms with Gasteiger partial charge in [0.15, 0.2) is 0 Å². The Labute approximate surface area is 151 Å². The zero-order valence-electron chi connectivity index (χ0n) is 14.4. The summed E-state index contributed by atoms with van der Waals surface area (Å²) < 4.78 is 0. The van der Waals surface area contributed by atoms with E-state index in [1.54, 1.807) is 24.3 Å². The third kappa shape index (κ3) is 4.27. The molecule has 0 bridgehead atoms. The smallest absolute Gasteiger partial charge is 0.251 e. The maximum Gasteiger partial charge on any atom is 0.251 e. The van der Waals surface area contributed by atoms with Gasteiger partial charge in [0.05, 0.1) is 5.69 Å². The molecule has 2 heterocycles. The van der Waals surface area contributed by atoms with Crippen LogP contribution in [0.4, 0.5) is 11.8 Å². The largest absolute Gasteiger partial charge is 0.384 e. The lowest BCUT2D eigenvalue weighted by molar-refractivity contribution is -0.127. The minimum atomic E-state index is -0.172. The van der Waals surface area contributed by atoms with Crippen LogP contribution in [-0.2, 0) is 4.79 Å². The summed E-state index contributed by atoms with van der Waals surface area (Å²) >= 11 is 0. The molecule has 0 aliphatic carbocycles. The van der Waals surface area contributed by atoms with Crippen LogP contribution in [0, 0.1) is 0 Å². The molecule has 1 aliphatic heterocycles. The average molecular weight is 354 g/mol. The highest BCUT2D eigenvalue weighted by Gasteiger charge is 2.19. The second-order valence-corrected chi connectivity index (χ2v) is 6.21. The molecular weight excluding hydrogens is 332 g/mol. The number of carbonyl (C=O) groups excluding carboxylic acids is 2. The van der Waals surface area contributed by atoms with E-state index in [2.05, 4.69) is 15.3 Å². The van der Waals surface area contributed by atoms with Crippen LogP contribution in [0.5, 0.6) is 0 Å². The maximum absolute atomic E-state index is 12.3. The molecule has 5 N–H and O–H groups in total. The van der Waals surface area contributed by atoms with E-state index in [1.165, 1.54) is 0 Å². The number of nitrogens with zero attached hydrogens (tertiary/aromatic N) is 3. The van der Waals surface area contributed by atoms with Gasteiger partial charge in [-0.2, -0.15) is 4.98 Å². The first-order valence-electron chi connectivity index (χ1n) is 8.59. The van der Waals surface area contributed by atoms with Crippen LogP contribution in [0.25, 0.3) is 11.3 Å². The predicted octanol–water partition coefficient (Wildman–Crippen LogP) is 1.05.